The van der Waals surface area contributed by atoms with Crippen molar-refractivity contribution in [3.05, 3.63) is 63.0 Å². The summed E-state index contributed by atoms with van der Waals surface area (Å²) in [6, 6.07) is 9.32. The highest BCUT2D eigenvalue weighted by atomic mass is 35.5. The van der Waals surface area contributed by atoms with Crippen LogP contribution in [-0.2, 0) is 11.3 Å². The molecule has 2 aromatic rings. The number of hydrogen-bond donors (Lipinski definition) is 1. The maximum absolute atomic E-state index is 11.8. The maximum Gasteiger partial charge on any atom is 0.223 e. The standard InChI is InChI=1S/C17H19ClN2O3/c1-22-16-9-19-14(8-15(16)21)10-20-6-7-23-17(11-20)12-2-4-13(18)5-3-12/h2-5,8-9,17H,6-7,10-11H2,1H3,(H,19,21). The Hall–Kier alpha value is -1.82. The van der Waals surface area contributed by atoms with E-state index in [1.165, 1.54) is 7.11 Å². The van der Waals surface area contributed by atoms with Crippen molar-refractivity contribution in [2.24, 2.45) is 0 Å². The van der Waals surface area contributed by atoms with Gasteiger partial charge in [0.1, 0.15) is 0 Å². The number of rotatable bonds is 4. The maximum atomic E-state index is 11.8. The summed E-state index contributed by atoms with van der Waals surface area (Å²) in [5.74, 6) is 0.328. The van der Waals surface area contributed by atoms with Crippen LogP contribution in [0.25, 0.3) is 0 Å². The average molecular weight is 335 g/mol. The molecular weight excluding hydrogens is 316 g/mol. The highest BCUT2D eigenvalue weighted by molar-refractivity contribution is 6.30. The number of pyridine rings is 1. The van der Waals surface area contributed by atoms with E-state index >= 15 is 0 Å². The molecule has 1 N–H and O–H groups in total. The Bertz CT molecular complexity index is 715. The Labute approximate surface area is 139 Å². The number of aromatic amines is 1. The monoisotopic (exact) mass is 334 g/mol. The lowest BCUT2D eigenvalue weighted by Crippen LogP contribution is -2.38. The van der Waals surface area contributed by atoms with Crippen molar-refractivity contribution in [1.82, 2.24) is 9.88 Å². The van der Waals surface area contributed by atoms with Gasteiger partial charge in [0.25, 0.3) is 0 Å². The second-order valence-electron chi connectivity index (χ2n) is 5.54. The average Bonchev–Trinajstić information content (AvgIpc) is 2.56. The van der Waals surface area contributed by atoms with Crippen molar-refractivity contribution in [1.29, 1.82) is 0 Å². The van der Waals surface area contributed by atoms with E-state index in [0.717, 1.165) is 29.4 Å². The molecule has 0 bridgehead atoms. The minimum atomic E-state index is -0.108. The van der Waals surface area contributed by atoms with Crippen molar-refractivity contribution in [3.63, 3.8) is 0 Å². The number of aromatic nitrogens is 1. The van der Waals surface area contributed by atoms with Crippen molar-refractivity contribution in [3.8, 4) is 5.75 Å². The smallest absolute Gasteiger partial charge is 0.223 e. The predicted octanol–water partition coefficient (Wildman–Crippen LogP) is 2.61. The second kappa shape index (κ2) is 7.17. The van der Waals surface area contributed by atoms with E-state index < -0.39 is 0 Å². The highest BCUT2D eigenvalue weighted by Crippen LogP contribution is 2.24. The molecule has 0 amide bonds. The normalized spacial score (nSPS) is 18.8. The topological polar surface area (TPSA) is 54.6 Å². The quantitative estimate of drug-likeness (QED) is 0.934. The molecule has 1 unspecified atom stereocenters. The lowest BCUT2D eigenvalue weighted by Gasteiger charge is -2.33. The molecule has 1 aromatic carbocycles. The summed E-state index contributed by atoms with van der Waals surface area (Å²) in [7, 11) is 1.49. The number of ether oxygens (including phenoxy) is 2. The molecule has 1 aliphatic rings. The summed E-state index contributed by atoms with van der Waals surface area (Å²) in [6.45, 7) is 2.94. The molecule has 23 heavy (non-hydrogen) atoms. The fourth-order valence-electron chi connectivity index (χ4n) is 2.72. The SMILES string of the molecule is COc1c[nH]c(CN2CCOC(c3ccc(Cl)cc3)C2)cc1=O. The molecule has 0 spiro atoms. The molecular formula is C17H19ClN2O3. The third-order valence-electron chi connectivity index (χ3n) is 3.94. The zero-order valence-electron chi connectivity index (χ0n) is 12.9. The molecule has 2 heterocycles. The minimum absolute atomic E-state index is 0.0194. The molecule has 3 rings (SSSR count). The van der Waals surface area contributed by atoms with Gasteiger partial charge in [-0.05, 0) is 17.7 Å². The fraction of sp³-hybridized carbons (Fsp3) is 0.353. The Morgan fingerprint density at radius 2 is 2.17 bits per heavy atom. The van der Waals surface area contributed by atoms with Crippen molar-refractivity contribution < 1.29 is 9.47 Å². The molecule has 5 nitrogen and oxygen atoms in total. The van der Waals surface area contributed by atoms with Crippen LogP contribution in [0.4, 0.5) is 0 Å². The van der Waals surface area contributed by atoms with Crippen LogP contribution in [0, 0.1) is 0 Å². The predicted molar refractivity (Wildman–Crippen MR) is 89.0 cm³/mol. The number of hydrogen-bond acceptors (Lipinski definition) is 4. The lowest BCUT2D eigenvalue weighted by atomic mass is 10.1. The van der Waals surface area contributed by atoms with Crippen molar-refractivity contribution in [2.75, 3.05) is 26.8 Å². The Balaban J connectivity index is 1.68. The molecule has 1 saturated heterocycles. The summed E-state index contributed by atoms with van der Waals surface area (Å²) in [5, 5.41) is 0.720. The van der Waals surface area contributed by atoms with Crippen LogP contribution >= 0.6 is 11.6 Å². The number of morpholine rings is 1. The highest BCUT2D eigenvalue weighted by Gasteiger charge is 2.22. The molecule has 1 aromatic heterocycles. The summed E-state index contributed by atoms with van der Waals surface area (Å²) in [4.78, 5) is 17.2. The zero-order valence-corrected chi connectivity index (χ0v) is 13.7. The fourth-order valence-corrected chi connectivity index (χ4v) is 2.84. The van der Waals surface area contributed by atoms with Crippen LogP contribution in [-0.4, -0.2) is 36.7 Å². The molecule has 6 heteroatoms. The third kappa shape index (κ3) is 3.93. The number of halogens is 1. The summed E-state index contributed by atoms with van der Waals surface area (Å²) in [6.07, 6.45) is 1.63. The van der Waals surface area contributed by atoms with Gasteiger partial charge in [0.15, 0.2) is 5.75 Å². The van der Waals surface area contributed by atoms with Gasteiger partial charge in [0.2, 0.25) is 5.43 Å². The van der Waals surface area contributed by atoms with E-state index in [1.807, 2.05) is 24.3 Å². The van der Waals surface area contributed by atoms with Gasteiger partial charge in [0, 0.05) is 42.6 Å². The summed E-state index contributed by atoms with van der Waals surface area (Å²) < 4.78 is 10.8. The first-order valence-corrected chi connectivity index (χ1v) is 7.88. The number of nitrogens with zero attached hydrogens (tertiary/aromatic N) is 1. The largest absolute Gasteiger partial charge is 0.491 e. The molecule has 122 valence electrons. The number of H-pyrrole nitrogens is 1. The molecule has 1 fully saturated rings. The van der Waals surface area contributed by atoms with E-state index in [4.69, 9.17) is 21.1 Å². The van der Waals surface area contributed by atoms with Gasteiger partial charge in [-0.2, -0.15) is 0 Å². The second-order valence-corrected chi connectivity index (χ2v) is 5.97. The van der Waals surface area contributed by atoms with Gasteiger partial charge < -0.3 is 14.5 Å². The van der Waals surface area contributed by atoms with Gasteiger partial charge in [-0.25, -0.2) is 0 Å². The summed E-state index contributed by atoms with van der Waals surface area (Å²) >= 11 is 5.93. The van der Waals surface area contributed by atoms with Crippen LogP contribution in [0.2, 0.25) is 5.02 Å². The molecule has 0 aliphatic carbocycles. The number of methoxy groups -OCH3 is 1. The van der Waals surface area contributed by atoms with Crippen LogP contribution < -0.4 is 10.2 Å². The van der Waals surface area contributed by atoms with Gasteiger partial charge in [-0.1, -0.05) is 23.7 Å². The Kier molecular flexibility index (Phi) is 5.00. The summed E-state index contributed by atoms with van der Waals surface area (Å²) in [5.41, 5.74) is 1.87. The van der Waals surface area contributed by atoms with Gasteiger partial charge in [0.05, 0.1) is 19.8 Å². The van der Waals surface area contributed by atoms with Crippen LogP contribution in [0.1, 0.15) is 17.4 Å². The van der Waals surface area contributed by atoms with Gasteiger partial charge >= 0.3 is 0 Å². The molecule has 0 radical (unpaired) electrons. The van der Waals surface area contributed by atoms with E-state index in [0.29, 0.717) is 18.9 Å². The first-order chi connectivity index (χ1) is 11.2. The molecule has 0 saturated carbocycles. The van der Waals surface area contributed by atoms with Gasteiger partial charge in [-0.15, -0.1) is 0 Å². The van der Waals surface area contributed by atoms with Crippen LogP contribution in [0.3, 0.4) is 0 Å². The first kappa shape index (κ1) is 16.1. The number of nitrogens with one attached hydrogen (secondary N) is 1. The van der Waals surface area contributed by atoms with E-state index in [-0.39, 0.29) is 11.5 Å². The Morgan fingerprint density at radius 1 is 1.39 bits per heavy atom. The van der Waals surface area contributed by atoms with Crippen molar-refractivity contribution in [2.45, 2.75) is 12.6 Å². The number of benzene rings is 1. The Morgan fingerprint density at radius 3 is 2.87 bits per heavy atom. The van der Waals surface area contributed by atoms with Gasteiger partial charge in [-0.3, -0.25) is 9.69 Å². The third-order valence-corrected chi connectivity index (χ3v) is 4.20. The lowest BCUT2D eigenvalue weighted by molar-refractivity contribution is -0.0333. The van der Waals surface area contributed by atoms with E-state index in [1.54, 1.807) is 12.3 Å². The minimum Gasteiger partial charge on any atom is -0.491 e. The van der Waals surface area contributed by atoms with Crippen LogP contribution in [0.15, 0.2) is 41.3 Å². The van der Waals surface area contributed by atoms with E-state index in [9.17, 15) is 4.79 Å². The first-order valence-electron chi connectivity index (χ1n) is 7.51. The van der Waals surface area contributed by atoms with Crippen molar-refractivity contribution >= 4 is 11.6 Å². The molecule has 1 atom stereocenters. The van der Waals surface area contributed by atoms with Crippen LogP contribution in [0.5, 0.6) is 5.75 Å². The zero-order chi connectivity index (χ0) is 16.2. The van der Waals surface area contributed by atoms with E-state index in [2.05, 4.69) is 9.88 Å². The molecule has 1 aliphatic heterocycles.